The summed E-state index contributed by atoms with van der Waals surface area (Å²) in [5.41, 5.74) is 6.93. The highest BCUT2D eigenvalue weighted by Crippen LogP contribution is 2.15. The van der Waals surface area contributed by atoms with E-state index >= 15 is 0 Å². The highest BCUT2D eigenvalue weighted by molar-refractivity contribution is 5.98. The fraction of sp³-hybridized carbons (Fsp3) is 0.368. The summed E-state index contributed by atoms with van der Waals surface area (Å²) >= 11 is 0. The number of hydrogen-bond donors (Lipinski definition) is 5. The fourth-order valence-corrected chi connectivity index (χ4v) is 2.76. The number of amides is 2. The number of benzene rings is 1. The Labute approximate surface area is 167 Å². The molecule has 9 nitrogen and oxygen atoms in total. The highest BCUT2D eigenvalue weighted by atomic mass is 19.1. The topological polar surface area (TPSA) is 134 Å². The Balaban J connectivity index is 1.71. The zero-order valence-electron chi connectivity index (χ0n) is 15.9. The third-order valence-electron chi connectivity index (χ3n) is 4.42. The van der Waals surface area contributed by atoms with Crippen molar-refractivity contribution >= 4 is 23.6 Å². The maximum absolute atomic E-state index is 13.0. The minimum atomic E-state index is -0.645. The van der Waals surface area contributed by atoms with E-state index in [2.05, 4.69) is 31.2 Å². The Hall–Kier alpha value is -3.27. The van der Waals surface area contributed by atoms with E-state index in [1.807, 2.05) is 0 Å². The molecule has 29 heavy (non-hydrogen) atoms. The minimum absolute atomic E-state index is 0.207. The molecule has 0 aliphatic carbocycles. The number of halogens is 1. The summed E-state index contributed by atoms with van der Waals surface area (Å²) in [6.07, 6.45) is 2.51. The van der Waals surface area contributed by atoms with E-state index in [0.29, 0.717) is 44.2 Å². The molecule has 2 bridgehead atoms. The number of rotatable bonds is 3. The molecule has 3 rings (SSSR count). The summed E-state index contributed by atoms with van der Waals surface area (Å²) in [6, 6.07) is 5.24. The van der Waals surface area contributed by atoms with Crippen molar-refractivity contribution in [2.45, 2.75) is 25.4 Å². The van der Waals surface area contributed by atoms with Crippen LogP contribution in [0.4, 0.5) is 16.2 Å². The molecule has 10 heteroatoms. The van der Waals surface area contributed by atoms with Crippen LogP contribution < -0.4 is 27.0 Å². The van der Waals surface area contributed by atoms with Gasteiger partial charge < -0.3 is 27.0 Å². The first-order chi connectivity index (χ1) is 14.0. The molecule has 0 radical (unpaired) electrons. The average molecular weight is 401 g/mol. The normalized spacial score (nSPS) is 17.4. The van der Waals surface area contributed by atoms with Gasteiger partial charge in [-0.1, -0.05) is 12.1 Å². The van der Waals surface area contributed by atoms with Crippen LogP contribution in [0.25, 0.3) is 0 Å². The average Bonchev–Trinajstić information content (AvgIpc) is 2.73. The van der Waals surface area contributed by atoms with Crippen LogP contribution in [-0.2, 0) is 11.3 Å². The van der Waals surface area contributed by atoms with Crippen molar-refractivity contribution < 1.29 is 14.0 Å². The van der Waals surface area contributed by atoms with Gasteiger partial charge in [0, 0.05) is 32.4 Å². The van der Waals surface area contributed by atoms with E-state index in [9.17, 15) is 14.0 Å². The van der Waals surface area contributed by atoms with Gasteiger partial charge >= 0.3 is 0 Å². The Bertz CT molecular complexity index is 860. The third-order valence-corrected chi connectivity index (χ3v) is 4.42. The van der Waals surface area contributed by atoms with Crippen LogP contribution >= 0.6 is 0 Å². The van der Waals surface area contributed by atoms with Crippen LogP contribution in [-0.4, -0.2) is 47.5 Å². The number of nitrogens with one attached hydrogen (secondary N) is 4. The molecule has 0 saturated carbocycles. The molecule has 1 atom stereocenters. The van der Waals surface area contributed by atoms with Gasteiger partial charge in [-0.25, -0.2) is 9.37 Å². The molecule has 1 aliphatic rings. The van der Waals surface area contributed by atoms with Crippen LogP contribution in [0.5, 0.6) is 0 Å². The van der Waals surface area contributed by atoms with Gasteiger partial charge in [0.1, 0.15) is 17.2 Å². The molecule has 1 unspecified atom stereocenters. The lowest BCUT2D eigenvalue weighted by Crippen LogP contribution is -2.42. The first-order valence-corrected chi connectivity index (χ1v) is 9.43. The lowest BCUT2D eigenvalue weighted by molar-refractivity contribution is -0.122. The second kappa shape index (κ2) is 9.78. The van der Waals surface area contributed by atoms with E-state index in [-0.39, 0.29) is 29.7 Å². The molecule has 1 aliphatic heterocycles. The van der Waals surface area contributed by atoms with Crippen molar-refractivity contribution in [1.82, 2.24) is 20.6 Å². The van der Waals surface area contributed by atoms with Crippen molar-refractivity contribution in [3.8, 4) is 0 Å². The zero-order chi connectivity index (χ0) is 20.6. The second-order valence-electron chi connectivity index (χ2n) is 6.66. The molecule has 2 amide bonds. The molecule has 154 valence electrons. The van der Waals surface area contributed by atoms with Gasteiger partial charge in [0.2, 0.25) is 11.9 Å². The largest absolute Gasteiger partial charge is 0.369 e. The van der Waals surface area contributed by atoms with Crippen molar-refractivity contribution in [3.05, 3.63) is 47.4 Å². The number of carbonyl (C=O) groups is 2. The molecular formula is C19H24FN7O2. The SMILES string of the molecule is NC1CCNc2nc(ncc2C(=O)NCc2ccc(F)cc2)NCCCNC1=O. The summed E-state index contributed by atoms with van der Waals surface area (Å²) in [7, 11) is 0. The van der Waals surface area contributed by atoms with Gasteiger partial charge in [-0.2, -0.15) is 4.98 Å². The van der Waals surface area contributed by atoms with Crippen molar-refractivity contribution in [2.24, 2.45) is 5.73 Å². The van der Waals surface area contributed by atoms with E-state index < -0.39 is 6.04 Å². The van der Waals surface area contributed by atoms with Gasteiger partial charge in [0.05, 0.1) is 6.04 Å². The van der Waals surface area contributed by atoms with Gasteiger partial charge in [-0.05, 0) is 30.5 Å². The first kappa shape index (κ1) is 20.5. The molecule has 1 aromatic heterocycles. The number of hydrogen-bond acceptors (Lipinski definition) is 7. The second-order valence-corrected chi connectivity index (χ2v) is 6.66. The third kappa shape index (κ3) is 5.85. The number of anilines is 2. The lowest BCUT2D eigenvalue weighted by atomic mass is 10.2. The summed E-state index contributed by atoms with van der Waals surface area (Å²) in [4.78, 5) is 33.1. The monoisotopic (exact) mass is 401 g/mol. The van der Waals surface area contributed by atoms with Gasteiger partial charge in [0.25, 0.3) is 5.91 Å². The van der Waals surface area contributed by atoms with Gasteiger partial charge in [-0.15, -0.1) is 0 Å². The molecular weight excluding hydrogens is 377 g/mol. The Kier molecular flexibility index (Phi) is 6.90. The highest BCUT2D eigenvalue weighted by Gasteiger charge is 2.17. The summed E-state index contributed by atoms with van der Waals surface area (Å²) in [5, 5.41) is 11.7. The number of carbonyl (C=O) groups excluding carboxylic acids is 2. The van der Waals surface area contributed by atoms with E-state index in [0.717, 1.165) is 5.56 Å². The molecule has 1 aromatic carbocycles. The summed E-state index contributed by atoms with van der Waals surface area (Å²) in [5.74, 6) is -0.168. The van der Waals surface area contributed by atoms with Crippen molar-refractivity contribution in [1.29, 1.82) is 0 Å². The minimum Gasteiger partial charge on any atom is -0.369 e. The molecule has 2 aromatic rings. The predicted molar refractivity (Wildman–Crippen MR) is 107 cm³/mol. The van der Waals surface area contributed by atoms with E-state index in [1.165, 1.54) is 18.3 Å². The number of nitrogens with zero attached hydrogens (tertiary/aromatic N) is 2. The maximum Gasteiger partial charge on any atom is 0.256 e. The molecule has 0 spiro atoms. The van der Waals surface area contributed by atoms with Crippen LogP contribution in [0.15, 0.2) is 30.5 Å². The molecule has 0 fully saturated rings. The predicted octanol–water partition coefficient (Wildman–Crippen LogP) is 0.607. The van der Waals surface area contributed by atoms with Crippen LogP contribution in [0.2, 0.25) is 0 Å². The Morgan fingerprint density at radius 2 is 1.93 bits per heavy atom. The van der Waals surface area contributed by atoms with Crippen molar-refractivity contribution in [2.75, 3.05) is 30.3 Å². The summed E-state index contributed by atoms with van der Waals surface area (Å²) in [6.45, 7) is 1.67. The maximum atomic E-state index is 13.0. The van der Waals surface area contributed by atoms with Crippen LogP contribution in [0.3, 0.4) is 0 Å². The summed E-state index contributed by atoms with van der Waals surface area (Å²) < 4.78 is 13.0. The number of fused-ring (bicyclic) bond motifs is 2. The zero-order valence-corrected chi connectivity index (χ0v) is 15.9. The number of aromatic nitrogens is 2. The smallest absolute Gasteiger partial charge is 0.256 e. The fourth-order valence-electron chi connectivity index (χ4n) is 2.76. The van der Waals surface area contributed by atoms with Crippen LogP contribution in [0, 0.1) is 5.82 Å². The molecule has 2 heterocycles. The Morgan fingerprint density at radius 1 is 1.17 bits per heavy atom. The van der Waals surface area contributed by atoms with Crippen LogP contribution in [0.1, 0.15) is 28.8 Å². The molecule has 6 N–H and O–H groups in total. The molecule has 0 saturated heterocycles. The first-order valence-electron chi connectivity index (χ1n) is 9.43. The van der Waals surface area contributed by atoms with Crippen molar-refractivity contribution in [3.63, 3.8) is 0 Å². The Morgan fingerprint density at radius 3 is 2.72 bits per heavy atom. The van der Waals surface area contributed by atoms with E-state index in [1.54, 1.807) is 12.1 Å². The van der Waals surface area contributed by atoms with E-state index in [4.69, 9.17) is 5.73 Å². The number of nitrogens with two attached hydrogens (primary N) is 1. The lowest BCUT2D eigenvalue weighted by Gasteiger charge is -2.14. The standard InChI is InChI=1S/C19H24FN7O2/c20-13-4-2-12(3-5-13)10-25-17(28)14-11-26-19-24-8-1-7-23-18(29)15(21)6-9-22-16(14)27-19/h2-5,11,15H,1,6-10,21H2,(H,23,29)(H,25,28)(H2,22,24,26,27). The van der Waals surface area contributed by atoms with Gasteiger partial charge in [0.15, 0.2) is 0 Å². The van der Waals surface area contributed by atoms with Gasteiger partial charge in [-0.3, -0.25) is 9.59 Å². The quantitative estimate of drug-likeness (QED) is 0.509.